The van der Waals surface area contributed by atoms with Crippen molar-refractivity contribution in [3.8, 4) is 11.1 Å². The fourth-order valence-electron chi connectivity index (χ4n) is 4.12. The van der Waals surface area contributed by atoms with E-state index < -0.39 is 0 Å². The SMILES string of the molecule is CN(C(=O)c1ccc(-c2ccccc2)cc1)c1ccc([C@@H]2C[C@H]2NCC2CC2)cc1.Cl. The molecule has 2 saturated carbocycles. The van der Waals surface area contributed by atoms with Crippen molar-refractivity contribution in [2.75, 3.05) is 18.5 Å². The molecule has 0 aliphatic heterocycles. The van der Waals surface area contributed by atoms with E-state index in [1.165, 1.54) is 31.4 Å². The molecule has 3 aromatic carbocycles. The van der Waals surface area contributed by atoms with Crippen molar-refractivity contribution in [2.45, 2.75) is 31.2 Å². The molecule has 2 fully saturated rings. The molecule has 0 spiro atoms. The van der Waals surface area contributed by atoms with Crippen LogP contribution in [0, 0.1) is 5.92 Å². The number of halogens is 1. The van der Waals surface area contributed by atoms with Gasteiger partial charge in [-0.15, -0.1) is 12.4 Å². The van der Waals surface area contributed by atoms with Crippen LogP contribution in [0.4, 0.5) is 5.69 Å². The lowest BCUT2D eigenvalue weighted by atomic mass is 10.0. The van der Waals surface area contributed by atoms with E-state index in [0.29, 0.717) is 17.5 Å². The molecule has 3 nitrogen and oxygen atoms in total. The first-order chi connectivity index (χ1) is 14.7. The summed E-state index contributed by atoms with van der Waals surface area (Å²) in [6.07, 6.45) is 4.03. The summed E-state index contributed by atoms with van der Waals surface area (Å²) in [5, 5.41) is 3.70. The van der Waals surface area contributed by atoms with Gasteiger partial charge >= 0.3 is 0 Å². The average molecular weight is 433 g/mol. The smallest absolute Gasteiger partial charge is 0.258 e. The highest BCUT2D eigenvalue weighted by Crippen LogP contribution is 2.42. The van der Waals surface area contributed by atoms with Crippen LogP contribution < -0.4 is 10.2 Å². The lowest BCUT2D eigenvalue weighted by molar-refractivity contribution is 0.0993. The predicted octanol–water partition coefficient (Wildman–Crippen LogP) is 5.91. The zero-order valence-corrected chi connectivity index (χ0v) is 18.6. The van der Waals surface area contributed by atoms with Crippen LogP contribution in [-0.4, -0.2) is 25.5 Å². The van der Waals surface area contributed by atoms with Crippen molar-refractivity contribution >= 4 is 24.0 Å². The lowest BCUT2D eigenvalue weighted by Crippen LogP contribution is -2.26. The van der Waals surface area contributed by atoms with E-state index in [1.807, 2.05) is 49.5 Å². The number of anilines is 1. The Morgan fingerprint density at radius 3 is 2.19 bits per heavy atom. The second-order valence-corrected chi connectivity index (χ2v) is 8.70. The fourth-order valence-corrected chi connectivity index (χ4v) is 4.12. The first-order valence-electron chi connectivity index (χ1n) is 11.0. The maximum atomic E-state index is 12.9. The molecule has 0 heterocycles. The number of benzene rings is 3. The number of carbonyl (C=O) groups excluding carboxylic acids is 1. The van der Waals surface area contributed by atoms with E-state index >= 15 is 0 Å². The van der Waals surface area contributed by atoms with Crippen LogP contribution in [0.15, 0.2) is 78.9 Å². The topological polar surface area (TPSA) is 32.3 Å². The standard InChI is InChI=1S/C27H28N2O.ClH/c1-29(27(30)23-11-9-21(10-12-23)20-5-3-2-4-6-20)24-15-13-22(14-16-24)25-17-26(25)28-18-19-7-8-19;/h2-6,9-16,19,25-26,28H,7-8,17-18H2,1H3;1H/t25-,26+;/m0./s1. The molecule has 0 radical (unpaired) electrons. The van der Waals surface area contributed by atoms with Gasteiger partial charge in [0.15, 0.2) is 0 Å². The van der Waals surface area contributed by atoms with Gasteiger partial charge in [-0.05, 0) is 72.7 Å². The molecule has 1 N–H and O–H groups in total. The van der Waals surface area contributed by atoms with E-state index in [9.17, 15) is 4.79 Å². The molecule has 160 valence electrons. The van der Waals surface area contributed by atoms with Crippen LogP contribution in [0.1, 0.15) is 41.1 Å². The molecule has 5 rings (SSSR count). The highest BCUT2D eigenvalue weighted by molar-refractivity contribution is 6.05. The number of amides is 1. The summed E-state index contributed by atoms with van der Waals surface area (Å²) in [5.41, 5.74) is 5.28. The second-order valence-electron chi connectivity index (χ2n) is 8.70. The molecule has 4 heteroatoms. The fraction of sp³-hybridized carbons (Fsp3) is 0.296. The van der Waals surface area contributed by atoms with E-state index in [0.717, 1.165) is 22.7 Å². The first kappa shape index (κ1) is 21.6. The van der Waals surface area contributed by atoms with Gasteiger partial charge in [0.2, 0.25) is 0 Å². The quantitative estimate of drug-likeness (QED) is 0.503. The third-order valence-electron chi connectivity index (χ3n) is 6.41. The van der Waals surface area contributed by atoms with Crippen LogP contribution in [0.25, 0.3) is 11.1 Å². The summed E-state index contributed by atoms with van der Waals surface area (Å²) in [5.74, 6) is 1.57. The molecule has 1 amide bonds. The summed E-state index contributed by atoms with van der Waals surface area (Å²) in [6, 6.07) is 27.2. The third-order valence-corrected chi connectivity index (χ3v) is 6.41. The van der Waals surface area contributed by atoms with Gasteiger partial charge in [-0.1, -0.05) is 54.6 Å². The maximum Gasteiger partial charge on any atom is 0.258 e. The minimum atomic E-state index is 0. The molecule has 0 bridgehead atoms. The molecular weight excluding hydrogens is 404 g/mol. The van der Waals surface area contributed by atoms with Crippen LogP contribution in [0.2, 0.25) is 0 Å². The average Bonchev–Trinajstić information content (AvgIpc) is 3.73. The zero-order valence-electron chi connectivity index (χ0n) is 17.8. The Morgan fingerprint density at radius 2 is 1.55 bits per heavy atom. The van der Waals surface area contributed by atoms with Gasteiger partial charge in [0.1, 0.15) is 0 Å². The molecule has 2 aliphatic rings. The van der Waals surface area contributed by atoms with Crippen molar-refractivity contribution in [1.29, 1.82) is 0 Å². The van der Waals surface area contributed by atoms with Crippen LogP contribution in [0.5, 0.6) is 0 Å². The van der Waals surface area contributed by atoms with Gasteiger partial charge in [0.25, 0.3) is 5.91 Å². The summed E-state index contributed by atoms with van der Waals surface area (Å²) in [7, 11) is 1.85. The van der Waals surface area contributed by atoms with Crippen LogP contribution in [0.3, 0.4) is 0 Å². The predicted molar refractivity (Wildman–Crippen MR) is 130 cm³/mol. The molecular formula is C27H29ClN2O. The van der Waals surface area contributed by atoms with Crippen molar-refractivity contribution in [3.05, 3.63) is 90.0 Å². The highest BCUT2D eigenvalue weighted by Gasteiger charge is 2.38. The number of nitrogens with one attached hydrogen (secondary N) is 1. The summed E-state index contributed by atoms with van der Waals surface area (Å²) in [4.78, 5) is 14.7. The van der Waals surface area contributed by atoms with E-state index in [4.69, 9.17) is 0 Å². The van der Waals surface area contributed by atoms with Crippen molar-refractivity contribution in [2.24, 2.45) is 5.92 Å². The zero-order chi connectivity index (χ0) is 20.5. The Hall–Kier alpha value is -2.62. The van der Waals surface area contributed by atoms with Gasteiger partial charge in [0.05, 0.1) is 0 Å². The molecule has 2 aliphatic carbocycles. The van der Waals surface area contributed by atoms with Gasteiger partial charge < -0.3 is 10.2 Å². The van der Waals surface area contributed by atoms with Gasteiger partial charge in [-0.25, -0.2) is 0 Å². The minimum absolute atomic E-state index is 0. The van der Waals surface area contributed by atoms with E-state index in [1.54, 1.807) is 4.90 Å². The van der Waals surface area contributed by atoms with Crippen LogP contribution in [-0.2, 0) is 0 Å². The van der Waals surface area contributed by atoms with Gasteiger partial charge in [0, 0.05) is 30.3 Å². The Bertz CT molecular complexity index is 1010. The number of hydrogen-bond acceptors (Lipinski definition) is 2. The van der Waals surface area contributed by atoms with E-state index in [-0.39, 0.29) is 18.3 Å². The Balaban J connectivity index is 0.00000231. The summed E-state index contributed by atoms with van der Waals surface area (Å²) >= 11 is 0. The summed E-state index contributed by atoms with van der Waals surface area (Å²) < 4.78 is 0. The Labute approximate surface area is 190 Å². The molecule has 31 heavy (non-hydrogen) atoms. The first-order valence-corrected chi connectivity index (χ1v) is 11.0. The molecule has 2 atom stereocenters. The molecule has 0 unspecified atom stereocenters. The molecule has 0 saturated heterocycles. The minimum Gasteiger partial charge on any atom is -0.313 e. The van der Waals surface area contributed by atoms with Gasteiger partial charge in [-0.3, -0.25) is 4.79 Å². The molecule has 0 aromatic heterocycles. The number of nitrogens with zero attached hydrogens (tertiary/aromatic N) is 1. The highest BCUT2D eigenvalue weighted by atomic mass is 35.5. The van der Waals surface area contributed by atoms with Gasteiger partial charge in [-0.2, -0.15) is 0 Å². The Kier molecular flexibility index (Phi) is 6.45. The van der Waals surface area contributed by atoms with Crippen molar-refractivity contribution < 1.29 is 4.79 Å². The number of hydrogen-bond donors (Lipinski definition) is 1. The van der Waals surface area contributed by atoms with Crippen molar-refractivity contribution in [1.82, 2.24) is 5.32 Å². The number of rotatable bonds is 7. The maximum absolute atomic E-state index is 12.9. The summed E-state index contributed by atoms with van der Waals surface area (Å²) in [6.45, 7) is 1.18. The Morgan fingerprint density at radius 1 is 0.903 bits per heavy atom. The van der Waals surface area contributed by atoms with Crippen LogP contribution >= 0.6 is 12.4 Å². The van der Waals surface area contributed by atoms with Crippen molar-refractivity contribution in [3.63, 3.8) is 0 Å². The monoisotopic (exact) mass is 432 g/mol. The lowest BCUT2D eigenvalue weighted by Gasteiger charge is -2.18. The molecule has 3 aromatic rings. The third kappa shape index (κ3) is 5.00. The largest absolute Gasteiger partial charge is 0.313 e. The van der Waals surface area contributed by atoms with E-state index in [2.05, 4.69) is 41.7 Å². The number of carbonyl (C=O) groups is 1. The second kappa shape index (κ2) is 9.25. The normalized spacial score (nSPS) is 19.4.